The molecule has 1 radical (unpaired) electrons. The van der Waals surface area contributed by atoms with Gasteiger partial charge in [0.25, 0.3) is 0 Å². The third-order valence-corrected chi connectivity index (χ3v) is 3.89. The molecule has 22 heavy (non-hydrogen) atoms. The van der Waals surface area contributed by atoms with Gasteiger partial charge >= 0.3 is 0 Å². The van der Waals surface area contributed by atoms with Crippen molar-refractivity contribution in [2.75, 3.05) is 0 Å². The second kappa shape index (κ2) is 20.2. The average molecular weight is 304 g/mol. The highest BCUT2D eigenvalue weighted by Gasteiger charge is 1.89. The standard InChI is InChI=1S/C22H39/c1-3-5-7-9-11-13-15-17-19-21-22-20-18-16-14-12-10-8-6-4-2/h11,13,17,19-20,22H,1,3-10,12,14-16,18,21H2,2H3. The minimum absolute atomic E-state index is 1.07. The van der Waals surface area contributed by atoms with Gasteiger partial charge in [-0.25, -0.2) is 0 Å². The number of unbranched alkanes of at least 4 members (excludes halogenated alkanes) is 10. The topological polar surface area (TPSA) is 0 Å². The van der Waals surface area contributed by atoms with Crippen LogP contribution in [0.25, 0.3) is 0 Å². The van der Waals surface area contributed by atoms with Crippen molar-refractivity contribution >= 4 is 0 Å². The first-order valence-corrected chi connectivity index (χ1v) is 9.66. The van der Waals surface area contributed by atoms with Gasteiger partial charge in [0.1, 0.15) is 0 Å². The Kier molecular flexibility index (Phi) is 19.5. The van der Waals surface area contributed by atoms with E-state index in [1.165, 1.54) is 70.6 Å². The predicted molar refractivity (Wildman–Crippen MR) is 103 cm³/mol. The van der Waals surface area contributed by atoms with Crippen LogP contribution in [0.1, 0.15) is 96.8 Å². The quantitative estimate of drug-likeness (QED) is 0.200. The summed E-state index contributed by atoms with van der Waals surface area (Å²) in [6.07, 6.45) is 31.9. The minimum Gasteiger partial charge on any atom is -0.0882 e. The maximum atomic E-state index is 3.86. The van der Waals surface area contributed by atoms with Gasteiger partial charge in [0.05, 0.1) is 0 Å². The summed E-state index contributed by atoms with van der Waals surface area (Å²) >= 11 is 0. The van der Waals surface area contributed by atoms with E-state index in [0.29, 0.717) is 0 Å². The Labute approximate surface area is 140 Å². The lowest BCUT2D eigenvalue weighted by Crippen LogP contribution is -1.78. The molecule has 0 aliphatic carbocycles. The minimum atomic E-state index is 1.07. The van der Waals surface area contributed by atoms with E-state index in [1.807, 2.05) is 0 Å². The summed E-state index contributed by atoms with van der Waals surface area (Å²) in [5.41, 5.74) is 0. The SMILES string of the molecule is [CH2]CCCCC=CCC=CCC=CCCCCCCCCC. The molecule has 0 aromatic rings. The fourth-order valence-corrected chi connectivity index (χ4v) is 2.44. The van der Waals surface area contributed by atoms with Gasteiger partial charge in [-0.05, 0) is 38.5 Å². The number of hydrogen-bond donors (Lipinski definition) is 0. The molecule has 0 aliphatic heterocycles. The van der Waals surface area contributed by atoms with Crippen molar-refractivity contribution in [3.63, 3.8) is 0 Å². The molecule has 0 fully saturated rings. The fraction of sp³-hybridized carbons (Fsp3) is 0.682. The average Bonchev–Trinajstić information content (AvgIpc) is 2.54. The molecule has 0 heterocycles. The Morgan fingerprint density at radius 3 is 1.55 bits per heavy atom. The van der Waals surface area contributed by atoms with Gasteiger partial charge in [-0.2, -0.15) is 0 Å². The van der Waals surface area contributed by atoms with Crippen molar-refractivity contribution < 1.29 is 0 Å². The summed E-state index contributed by atoms with van der Waals surface area (Å²) in [5, 5.41) is 0. The van der Waals surface area contributed by atoms with E-state index in [-0.39, 0.29) is 0 Å². The third-order valence-electron chi connectivity index (χ3n) is 3.89. The van der Waals surface area contributed by atoms with Crippen LogP contribution in [0.4, 0.5) is 0 Å². The van der Waals surface area contributed by atoms with E-state index in [1.54, 1.807) is 0 Å². The smallest absolute Gasteiger partial charge is 0.0169 e. The van der Waals surface area contributed by atoms with Crippen LogP contribution < -0.4 is 0 Å². The molecule has 0 aliphatic rings. The van der Waals surface area contributed by atoms with Crippen LogP contribution in [0.3, 0.4) is 0 Å². The van der Waals surface area contributed by atoms with Crippen molar-refractivity contribution in [2.45, 2.75) is 96.8 Å². The van der Waals surface area contributed by atoms with Gasteiger partial charge in [-0.3, -0.25) is 0 Å². The van der Waals surface area contributed by atoms with Crippen LogP contribution in [0.5, 0.6) is 0 Å². The van der Waals surface area contributed by atoms with Crippen molar-refractivity contribution in [3.05, 3.63) is 43.4 Å². The zero-order valence-corrected chi connectivity index (χ0v) is 15.1. The highest BCUT2D eigenvalue weighted by Crippen LogP contribution is 2.08. The van der Waals surface area contributed by atoms with E-state index < -0.39 is 0 Å². The molecule has 0 saturated carbocycles. The first-order chi connectivity index (χ1) is 10.9. The first kappa shape index (κ1) is 21.2. The van der Waals surface area contributed by atoms with Crippen molar-refractivity contribution in [2.24, 2.45) is 0 Å². The van der Waals surface area contributed by atoms with Crippen molar-refractivity contribution in [3.8, 4) is 0 Å². The van der Waals surface area contributed by atoms with Gasteiger partial charge in [0.15, 0.2) is 0 Å². The first-order valence-electron chi connectivity index (χ1n) is 9.66. The molecular weight excluding hydrogens is 264 g/mol. The Bertz CT molecular complexity index is 270. The summed E-state index contributed by atoms with van der Waals surface area (Å²) in [6, 6.07) is 0. The Morgan fingerprint density at radius 2 is 1.00 bits per heavy atom. The normalized spacial score (nSPS) is 12.3. The third kappa shape index (κ3) is 19.2. The summed E-state index contributed by atoms with van der Waals surface area (Å²) in [7, 11) is 0. The van der Waals surface area contributed by atoms with Crippen LogP contribution in [-0.2, 0) is 0 Å². The van der Waals surface area contributed by atoms with Crippen LogP contribution in [-0.4, -0.2) is 0 Å². The zero-order valence-electron chi connectivity index (χ0n) is 15.1. The van der Waals surface area contributed by atoms with Crippen molar-refractivity contribution in [1.29, 1.82) is 0 Å². The van der Waals surface area contributed by atoms with Gasteiger partial charge in [-0.15, -0.1) is 0 Å². The lowest BCUT2D eigenvalue weighted by molar-refractivity contribution is 0.592. The second-order valence-electron chi connectivity index (χ2n) is 6.14. The number of allylic oxidation sites excluding steroid dienone is 6. The number of rotatable bonds is 16. The predicted octanol–water partition coefficient (Wildman–Crippen LogP) is 7.97. The summed E-state index contributed by atoms with van der Waals surface area (Å²) in [5.74, 6) is 0. The fourth-order valence-electron chi connectivity index (χ4n) is 2.44. The molecule has 0 saturated heterocycles. The van der Waals surface area contributed by atoms with E-state index in [4.69, 9.17) is 0 Å². The Balaban J connectivity index is 3.24. The van der Waals surface area contributed by atoms with Crippen LogP contribution >= 0.6 is 0 Å². The monoisotopic (exact) mass is 303 g/mol. The molecule has 0 aromatic carbocycles. The highest BCUT2D eigenvalue weighted by molar-refractivity contribution is 4.97. The summed E-state index contributed by atoms with van der Waals surface area (Å²) in [6.45, 7) is 6.14. The van der Waals surface area contributed by atoms with Crippen LogP contribution in [0.15, 0.2) is 36.5 Å². The van der Waals surface area contributed by atoms with Crippen molar-refractivity contribution in [1.82, 2.24) is 0 Å². The number of hydrogen-bond acceptors (Lipinski definition) is 0. The molecule has 0 bridgehead atoms. The highest BCUT2D eigenvalue weighted by atomic mass is 13.9. The second-order valence-corrected chi connectivity index (χ2v) is 6.14. The van der Waals surface area contributed by atoms with Gasteiger partial charge in [-0.1, -0.05) is 102 Å². The molecule has 0 atom stereocenters. The van der Waals surface area contributed by atoms with Gasteiger partial charge < -0.3 is 0 Å². The van der Waals surface area contributed by atoms with Gasteiger partial charge in [0, 0.05) is 0 Å². The molecule has 0 rings (SSSR count). The Hall–Kier alpha value is -0.780. The molecular formula is C22H39. The molecule has 0 amide bonds. The maximum absolute atomic E-state index is 3.86. The van der Waals surface area contributed by atoms with Gasteiger partial charge in [0.2, 0.25) is 0 Å². The zero-order chi connectivity index (χ0) is 16.1. The van der Waals surface area contributed by atoms with Crippen LogP contribution in [0, 0.1) is 6.92 Å². The Morgan fingerprint density at radius 1 is 0.545 bits per heavy atom. The van der Waals surface area contributed by atoms with E-state index in [0.717, 1.165) is 19.3 Å². The van der Waals surface area contributed by atoms with Crippen LogP contribution in [0.2, 0.25) is 0 Å². The van der Waals surface area contributed by atoms with E-state index in [2.05, 4.69) is 50.3 Å². The molecule has 127 valence electrons. The molecule has 0 nitrogen and oxygen atoms in total. The molecule has 0 spiro atoms. The summed E-state index contributed by atoms with van der Waals surface area (Å²) < 4.78 is 0. The molecule has 0 N–H and O–H groups in total. The largest absolute Gasteiger partial charge is 0.0882 e. The summed E-state index contributed by atoms with van der Waals surface area (Å²) in [4.78, 5) is 0. The molecule has 0 aromatic heterocycles. The maximum Gasteiger partial charge on any atom is -0.0169 e. The molecule has 0 heteroatoms. The lowest BCUT2D eigenvalue weighted by atomic mass is 10.1. The lowest BCUT2D eigenvalue weighted by Gasteiger charge is -1.98. The van der Waals surface area contributed by atoms with E-state index in [9.17, 15) is 0 Å². The molecule has 0 unspecified atom stereocenters. The van der Waals surface area contributed by atoms with E-state index >= 15 is 0 Å².